The number of rotatable bonds is 6. The second kappa shape index (κ2) is 12.3. The molecule has 6 heteroatoms. The van der Waals surface area contributed by atoms with E-state index in [4.69, 9.17) is 28.8 Å². The van der Waals surface area contributed by atoms with Gasteiger partial charge in [-0.15, -0.1) is 0 Å². The van der Waals surface area contributed by atoms with Crippen LogP contribution in [-0.2, 0) is 5.41 Å². The van der Waals surface area contributed by atoms with Crippen molar-refractivity contribution in [3.05, 3.63) is 145 Å². The SMILES string of the molecule is c1ccc(-c2ccc(-c3nc(-c4ccc(C56CC7CC(CC(C7)C5)C6)cc4)nc(-c4ccc(-c5ccc6c(c5)oc5ccccc56)c5ocnc45)n3)cc2)cc1. The van der Waals surface area contributed by atoms with Gasteiger partial charge in [0.2, 0.25) is 0 Å². The van der Waals surface area contributed by atoms with Crippen LogP contribution in [0.15, 0.2) is 149 Å². The van der Waals surface area contributed by atoms with Crippen molar-refractivity contribution >= 4 is 33.0 Å². The highest BCUT2D eigenvalue weighted by Crippen LogP contribution is 2.60. The second-order valence-electron chi connectivity index (χ2n) is 16.5. The minimum absolute atomic E-state index is 0.332. The molecule has 270 valence electrons. The highest BCUT2D eigenvalue weighted by atomic mass is 16.3. The van der Waals surface area contributed by atoms with Crippen LogP contribution in [-0.4, -0.2) is 19.9 Å². The third-order valence-corrected chi connectivity index (χ3v) is 13.1. The molecule has 0 aliphatic heterocycles. The predicted octanol–water partition coefficient (Wildman–Crippen LogP) is 12.7. The number of para-hydroxylation sites is 1. The molecule has 0 amide bonds. The van der Waals surface area contributed by atoms with E-state index >= 15 is 0 Å². The van der Waals surface area contributed by atoms with Crippen molar-refractivity contribution in [3.63, 3.8) is 0 Å². The molecule has 13 rings (SSSR count). The molecule has 56 heavy (non-hydrogen) atoms. The number of furan rings is 1. The van der Waals surface area contributed by atoms with E-state index < -0.39 is 0 Å². The zero-order valence-corrected chi connectivity index (χ0v) is 30.9. The molecule has 9 aromatic rings. The molecule has 0 N–H and O–H groups in total. The molecule has 0 atom stereocenters. The van der Waals surface area contributed by atoms with Gasteiger partial charge >= 0.3 is 0 Å². The highest BCUT2D eigenvalue weighted by Gasteiger charge is 2.51. The molecule has 6 nitrogen and oxygen atoms in total. The minimum atomic E-state index is 0.332. The lowest BCUT2D eigenvalue weighted by atomic mass is 9.48. The summed E-state index contributed by atoms with van der Waals surface area (Å²) in [4.78, 5) is 20.2. The Morgan fingerprint density at radius 1 is 0.482 bits per heavy atom. The standard InChI is InChI=1S/C50H38N4O2/c1-2-6-33(7-3-1)34-10-12-35(13-11-34)47-52-48(36-14-17-38(18-15-36)50-26-30-22-31(27-50)24-32(23-30)28-50)54-49(53-47)42-21-20-39(46-45(42)51-29-55-46)37-16-19-41-40-8-4-5-9-43(40)56-44(41)25-37/h1-21,25,29-32H,22-24,26-28H2. The molecule has 4 aliphatic rings. The largest absolute Gasteiger partial charge is 0.456 e. The van der Waals surface area contributed by atoms with E-state index in [0.29, 0.717) is 34.0 Å². The maximum absolute atomic E-state index is 6.24. The Hall–Kier alpha value is -6.40. The predicted molar refractivity (Wildman–Crippen MR) is 222 cm³/mol. The van der Waals surface area contributed by atoms with Crippen LogP contribution in [0.5, 0.6) is 0 Å². The summed E-state index contributed by atoms with van der Waals surface area (Å²) in [5, 5.41) is 2.19. The molecule has 3 aromatic heterocycles. The van der Waals surface area contributed by atoms with Crippen molar-refractivity contribution in [2.45, 2.75) is 43.9 Å². The smallest absolute Gasteiger partial charge is 0.182 e. The van der Waals surface area contributed by atoms with Gasteiger partial charge in [-0.2, -0.15) is 0 Å². The van der Waals surface area contributed by atoms with Crippen molar-refractivity contribution in [2.24, 2.45) is 17.8 Å². The van der Waals surface area contributed by atoms with E-state index in [9.17, 15) is 0 Å². The molecule has 4 aliphatic carbocycles. The van der Waals surface area contributed by atoms with E-state index in [1.165, 1.54) is 56.0 Å². The Kier molecular flexibility index (Phi) is 7.01. The number of oxazole rings is 1. The topological polar surface area (TPSA) is 77.8 Å². The zero-order chi connectivity index (χ0) is 36.8. The van der Waals surface area contributed by atoms with E-state index in [2.05, 4.69) is 109 Å². The molecule has 6 aromatic carbocycles. The zero-order valence-electron chi connectivity index (χ0n) is 30.9. The van der Waals surface area contributed by atoms with Gasteiger partial charge < -0.3 is 8.83 Å². The summed E-state index contributed by atoms with van der Waals surface area (Å²) in [6.45, 7) is 0. The molecular formula is C50H38N4O2. The lowest BCUT2D eigenvalue weighted by Crippen LogP contribution is -2.48. The van der Waals surface area contributed by atoms with Gasteiger partial charge in [0, 0.05) is 33.0 Å². The molecule has 3 heterocycles. The van der Waals surface area contributed by atoms with Gasteiger partial charge in [-0.3, -0.25) is 0 Å². The molecular weight excluding hydrogens is 689 g/mol. The van der Waals surface area contributed by atoms with Gasteiger partial charge in [0.05, 0.1) is 0 Å². The van der Waals surface area contributed by atoms with Gasteiger partial charge in [0.15, 0.2) is 29.4 Å². The van der Waals surface area contributed by atoms with Crippen LogP contribution in [0.3, 0.4) is 0 Å². The third kappa shape index (κ3) is 5.16. The minimum Gasteiger partial charge on any atom is -0.456 e. The lowest BCUT2D eigenvalue weighted by molar-refractivity contribution is -0.00518. The number of aromatic nitrogens is 4. The molecule has 4 bridgehead atoms. The first-order valence-corrected chi connectivity index (χ1v) is 19.9. The third-order valence-electron chi connectivity index (χ3n) is 13.1. The summed E-state index contributed by atoms with van der Waals surface area (Å²) in [6, 6.07) is 46.7. The van der Waals surface area contributed by atoms with Crippen molar-refractivity contribution in [1.29, 1.82) is 0 Å². The van der Waals surface area contributed by atoms with Crippen molar-refractivity contribution in [2.75, 3.05) is 0 Å². The first-order chi connectivity index (χ1) is 27.6. The van der Waals surface area contributed by atoms with Crippen LogP contribution < -0.4 is 0 Å². The van der Waals surface area contributed by atoms with Crippen molar-refractivity contribution < 1.29 is 8.83 Å². The van der Waals surface area contributed by atoms with E-state index in [0.717, 1.165) is 73.1 Å². The summed E-state index contributed by atoms with van der Waals surface area (Å²) in [5.41, 5.74) is 11.8. The number of fused-ring (bicyclic) bond motifs is 4. The van der Waals surface area contributed by atoms with Crippen LogP contribution in [0.25, 0.3) is 89.5 Å². The van der Waals surface area contributed by atoms with Crippen LogP contribution in [0.4, 0.5) is 0 Å². The van der Waals surface area contributed by atoms with Crippen LogP contribution in [0.2, 0.25) is 0 Å². The Morgan fingerprint density at radius 3 is 1.79 bits per heavy atom. The van der Waals surface area contributed by atoms with Gasteiger partial charge in [-0.05, 0) is 114 Å². The number of nitrogens with zero attached hydrogens (tertiary/aromatic N) is 4. The monoisotopic (exact) mass is 726 g/mol. The van der Waals surface area contributed by atoms with Gasteiger partial charge in [-0.25, -0.2) is 19.9 Å². The number of hydrogen-bond donors (Lipinski definition) is 0. The number of hydrogen-bond acceptors (Lipinski definition) is 6. The van der Waals surface area contributed by atoms with Gasteiger partial charge in [0.1, 0.15) is 16.7 Å². The van der Waals surface area contributed by atoms with Gasteiger partial charge in [0.25, 0.3) is 0 Å². The maximum Gasteiger partial charge on any atom is 0.182 e. The summed E-state index contributed by atoms with van der Waals surface area (Å²) in [6.07, 6.45) is 9.85. The van der Waals surface area contributed by atoms with Gasteiger partial charge in [-0.1, -0.05) is 103 Å². The quantitative estimate of drug-likeness (QED) is 0.170. The fourth-order valence-corrected chi connectivity index (χ4v) is 10.9. The Labute approximate surface area is 324 Å². The highest BCUT2D eigenvalue weighted by molar-refractivity contribution is 6.07. The summed E-state index contributed by atoms with van der Waals surface area (Å²) in [5.74, 6) is 4.51. The Balaban J connectivity index is 0.961. The molecule has 4 saturated carbocycles. The molecule has 0 unspecified atom stereocenters. The van der Waals surface area contributed by atoms with Crippen LogP contribution >= 0.6 is 0 Å². The summed E-state index contributed by atoms with van der Waals surface area (Å²) >= 11 is 0. The fourth-order valence-electron chi connectivity index (χ4n) is 10.9. The Morgan fingerprint density at radius 2 is 1.05 bits per heavy atom. The Bertz CT molecular complexity index is 2910. The fraction of sp³-hybridized carbons (Fsp3) is 0.200. The molecule has 0 radical (unpaired) electrons. The number of benzene rings is 6. The van der Waals surface area contributed by atoms with E-state index in [-0.39, 0.29) is 0 Å². The molecule has 0 saturated heterocycles. The van der Waals surface area contributed by atoms with Crippen LogP contribution in [0, 0.1) is 17.8 Å². The average molecular weight is 727 g/mol. The normalized spacial score (nSPS) is 21.4. The van der Waals surface area contributed by atoms with Crippen molar-refractivity contribution in [3.8, 4) is 56.4 Å². The first kappa shape index (κ1) is 31.9. The average Bonchev–Trinajstić information content (AvgIpc) is 3.89. The molecule has 4 fully saturated rings. The van der Waals surface area contributed by atoms with Crippen molar-refractivity contribution in [1.82, 2.24) is 19.9 Å². The summed E-state index contributed by atoms with van der Waals surface area (Å²) < 4.78 is 12.4. The first-order valence-electron chi connectivity index (χ1n) is 19.9. The molecule has 0 spiro atoms. The summed E-state index contributed by atoms with van der Waals surface area (Å²) in [7, 11) is 0. The van der Waals surface area contributed by atoms with E-state index in [1.54, 1.807) is 0 Å². The second-order valence-corrected chi connectivity index (χ2v) is 16.5. The lowest BCUT2D eigenvalue weighted by Gasteiger charge is -2.57. The van der Waals surface area contributed by atoms with Crippen LogP contribution in [0.1, 0.15) is 44.1 Å². The maximum atomic E-state index is 6.24. The van der Waals surface area contributed by atoms with E-state index in [1.807, 2.05) is 24.3 Å².